The largest absolute Gasteiger partial charge is 0.332 e. The van der Waals surface area contributed by atoms with Gasteiger partial charge < -0.3 is 14.4 Å². The summed E-state index contributed by atoms with van der Waals surface area (Å²) in [7, 11) is 2.08. The van der Waals surface area contributed by atoms with Crippen LogP contribution in [0.5, 0.6) is 0 Å². The molecular weight excluding hydrogens is 336 g/mol. The van der Waals surface area contributed by atoms with Crippen LogP contribution in [0.3, 0.4) is 0 Å². The second kappa shape index (κ2) is 7.63. The molecule has 1 amide bonds. The molecule has 0 aliphatic carbocycles. The summed E-state index contributed by atoms with van der Waals surface area (Å²) in [5.74, 6) is 1.90. The number of carbonyl (C=O) groups is 1. The number of amides is 1. The van der Waals surface area contributed by atoms with Crippen LogP contribution < -0.4 is 0 Å². The minimum Gasteiger partial charge on any atom is -0.332 e. The number of para-hydroxylation sites is 2. The highest BCUT2D eigenvalue weighted by atomic mass is 16.2. The first-order chi connectivity index (χ1) is 13.0. The van der Waals surface area contributed by atoms with Crippen LogP contribution in [0.15, 0.2) is 24.3 Å². The molecule has 5 nitrogen and oxygen atoms in total. The molecule has 4 rings (SSSR count). The van der Waals surface area contributed by atoms with E-state index in [1.54, 1.807) is 0 Å². The van der Waals surface area contributed by atoms with E-state index in [0.717, 1.165) is 62.2 Å². The van der Waals surface area contributed by atoms with Crippen molar-refractivity contribution >= 4 is 16.9 Å². The number of imidazole rings is 1. The number of rotatable bonds is 4. The Hall–Kier alpha value is -1.88. The molecule has 3 heterocycles. The van der Waals surface area contributed by atoms with E-state index in [1.165, 1.54) is 0 Å². The van der Waals surface area contributed by atoms with Gasteiger partial charge in [0.1, 0.15) is 5.82 Å². The zero-order valence-electron chi connectivity index (χ0n) is 16.9. The number of hydrogen-bond donors (Lipinski definition) is 0. The van der Waals surface area contributed by atoms with Crippen LogP contribution in [0.4, 0.5) is 0 Å². The summed E-state index contributed by atoms with van der Waals surface area (Å²) in [4.78, 5) is 22.6. The molecule has 1 aromatic carbocycles. The highest BCUT2D eigenvalue weighted by Crippen LogP contribution is 2.34. The van der Waals surface area contributed by atoms with E-state index < -0.39 is 0 Å². The average molecular weight is 369 g/mol. The molecule has 0 unspecified atom stereocenters. The van der Waals surface area contributed by atoms with Crippen molar-refractivity contribution in [3.8, 4) is 0 Å². The Bertz CT molecular complexity index is 804. The fraction of sp³-hybridized carbons (Fsp3) is 0.636. The number of likely N-dealkylation sites (tertiary alicyclic amines) is 2. The van der Waals surface area contributed by atoms with Gasteiger partial charge in [-0.15, -0.1) is 0 Å². The lowest BCUT2D eigenvalue weighted by molar-refractivity contribution is -0.133. The summed E-state index contributed by atoms with van der Waals surface area (Å²) in [5.41, 5.74) is 2.17. The highest BCUT2D eigenvalue weighted by molar-refractivity contribution is 5.78. The van der Waals surface area contributed by atoms with Crippen LogP contribution in [-0.2, 0) is 11.8 Å². The molecule has 0 bridgehead atoms. The van der Waals surface area contributed by atoms with Gasteiger partial charge >= 0.3 is 0 Å². The molecule has 1 atom stereocenters. The Labute approximate surface area is 162 Å². The number of benzene rings is 1. The van der Waals surface area contributed by atoms with Gasteiger partial charge in [-0.2, -0.15) is 0 Å². The number of aromatic nitrogens is 2. The lowest BCUT2D eigenvalue weighted by atomic mass is 9.92. The fourth-order valence-corrected chi connectivity index (χ4v) is 4.83. The van der Waals surface area contributed by atoms with Crippen LogP contribution in [0.25, 0.3) is 11.0 Å². The van der Waals surface area contributed by atoms with E-state index in [1.807, 2.05) is 6.07 Å². The molecule has 27 heavy (non-hydrogen) atoms. The predicted octanol–water partition coefficient (Wildman–Crippen LogP) is 3.75. The van der Waals surface area contributed by atoms with Crippen LogP contribution in [0.2, 0.25) is 0 Å². The second-order valence-corrected chi connectivity index (χ2v) is 8.54. The minimum absolute atomic E-state index is 0.130. The Morgan fingerprint density at radius 3 is 2.59 bits per heavy atom. The number of hydrogen-bond acceptors (Lipinski definition) is 3. The average Bonchev–Trinajstić information content (AvgIpc) is 3.27. The van der Waals surface area contributed by atoms with E-state index in [9.17, 15) is 4.79 Å². The normalized spacial score (nSPS) is 22.2. The predicted molar refractivity (Wildman–Crippen MR) is 108 cm³/mol. The molecule has 2 aliphatic rings. The minimum atomic E-state index is 0.130. The van der Waals surface area contributed by atoms with E-state index in [2.05, 4.69) is 53.5 Å². The second-order valence-electron chi connectivity index (χ2n) is 8.54. The van der Waals surface area contributed by atoms with Crippen LogP contribution >= 0.6 is 0 Å². The van der Waals surface area contributed by atoms with Gasteiger partial charge in [0.25, 0.3) is 0 Å². The summed E-state index contributed by atoms with van der Waals surface area (Å²) in [6.07, 6.45) is 5.09. The quantitative estimate of drug-likeness (QED) is 0.825. The van der Waals surface area contributed by atoms with Crippen molar-refractivity contribution in [2.24, 2.45) is 13.0 Å². The van der Waals surface area contributed by atoms with Gasteiger partial charge in [0.2, 0.25) is 5.91 Å². The molecule has 146 valence electrons. The monoisotopic (exact) mass is 368 g/mol. The smallest absolute Gasteiger partial charge is 0.223 e. The van der Waals surface area contributed by atoms with Crippen LogP contribution in [-0.4, -0.2) is 50.9 Å². The molecule has 0 saturated carbocycles. The third-order valence-corrected chi connectivity index (χ3v) is 6.54. The third-order valence-electron chi connectivity index (χ3n) is 6.54. The Morgan fingerprint density at radius 2 is 1.89 bits per heavy atom. The van der Waals surface area contributed by atoms with Crippen molar-refractivity contribution in [1.29, 1.82) is 0 Å². The highest BCUT2D eigenvalue weighted by Gasteiger charge is 2.34. The van der Waals surface area contributed by atoms with Crippen molar-refractivity contribution in [2.45, 2.75) is 58.0 Å². The maximum Gasteiger partial charge on any atom is 0.223 e. The Morgan fingerprint density at radius 1 is 1.15 bits per heavy atom. The zero-order chi connectivity index (χ0) is 19.0. The first kappa shape index (κ1) is 18.5. The summed E-state index contributed by atoms with van der Waals surface area (Å²) >= 11 is 0. The van der Waals surface area contributed by atoms with Crippen molar-refractivity contribution in [2.75, 3.05) is 19.6 Å². The number of aryl methyl sites for hydroxylation is 1. The Kier molecular flexibility index (Phi) is 5.22. The maximum atomic E-state index is 13.1. The van der Waals surface area contributed by atoms with Gasteiger partial charge in [-0.3, -0.25) is 4.79 Å². The Balaban J connectivity index is 1.45. The van der Waals surface area contributed by atoms with Crippen molar-refractivity contribution in [3.63, 3.8) is 0 Å². The molecular formula is C22H32N4O. The topological polar surface area (TPSA) is 41.4 Å². The van der Waals surface area contributed by atoms with Crippen molar-refractivity contribution in [1.82, 2.24) is 19.4 Å². The molecule has 0 spiro atoms. The first-order valence-corrected chi connectivity index (χ1v) is 10.5. The van der Waals surface area contributed by atoms with Gasteiger partial charge in [-0.25, -0.2) is 4.98 Å². The van der Waals surface area contributed by atoms with Crippen LogP contribution in [0, 0.1) is 5.92 Å². The van der Waals surface area contributed by atoms with Gasteiger partial charge in [-0.1, -0.05) is 12.1 Å². The molecule has 2 aromatic rings. The van der Waals surface area contributed by atoms with E-state index in [-0.39, 0.29) is 6.04 Å². The molecule has 1 aromatic heterocycles. The molecule has 5 heteroatoms. The SMILES string of the molecule is CC(C)N1CCC(CC(=O)N2CCC[C@@H]2c2nc3ccccc3n2C)CC1. The maximum absolute atomic E-state index is 13.1. The molecule has 2 saturated heterocycles. The summed E-state index contributed by atoms with van der Waals surface area (Å²) in [6.45, 7) is 7.65. The van der Waals surface area contributed by atoms with Crippen molar-refractivity contribution in [3.05, 3.63) is 30.1 Å². The van der Waals surface area contributed by atoms with Gasteiger partial charge in [0, 0.05) is 26.1 Å². The third kappa shape index (κ3) is 3.62. The molecule has 0 radical (unpaired) electrons. The summed E-state index contributed by atoms with van der Waals surface area (Å²) in [6, 6.07) is 8.99. The molecule has 0 N–H and O–H groups in total. The molecule has 2 aliphatic heterocycles. The number of piperidine rings is 1. The van der Waals surface area contributed by atoms with E-state index in [4.69, 9.17) is 4.98 Å². The zero-order valence-corrected chi connectivity index (χ0v) is 16.9. The van der Waals surface area contributed by atoms with Gasteiger partial charge in [-0.05, 0) is 70.7 Å². The van der Waals surface area contributed by atoms with Crippen LogP contribution in [0.1, 0.15) is 57.8 Å². The summed E-state index contributed by atoms with van der Waals surface area (Å²) < 4.78 is 2.17. The standard InChI is InChI=1S/C22H32N4O/c1-16(2)25-13-10-17(11-14-25)15-21(27)26-12-6-9-20(26)22-23-18-7-4-5-8-19(18)24(22)3/h4-5,7-8,16-17,20H,6,9-15H2,1-3H3/t20-/m1/s1. The van der Waals surface area contributed by atoms with Gasteiger partial charge in [0.15, 0.2) is 0 Å². The number of nitrogens with zero attached hydrogens (tertiary/aromatic N) is 4. The molecule has 2 fully saturated rings. The lowest BCUT2D eigenvalue weighted by Crippen LogP contribution is -2.40. The van der Waals surface area contributed by atoms with Gasteiger partial charge in [0.05, 0.1) is 17.1 Å². The van der Waals surface area contributed by atoms with E-state index in [0.29, 0.717) is 24.3 Å². The fourth-order valence-electron chi connectivity index (χ4n) is 4.83. The van der Waals surface area contributed by atoms with Crippen molar-refractivity contribution < 1.29 is 4.79 Å². The number of carbonyl (C=O) groups excluding carboxylic acids is 1. The first-order valence-electron chi connectivity index (χ1n) is 10.5. The lowest BCUT2D eigenvalue weighted by Gasteiger charge is -2.35. The van der Waals surface area contributed by atoms with E-state index >= 15 is 0 Å². The summed E-state index contributed by atoms with van der Waals surface area (Å²) in [5, 5.41) is 0. The number of fused-ring (bicyclic) bond motifs is 1.